The molecule has 2 N–H and O–H groups in total. The number of halogens is 2. The first kappa shape index (κ1) is 10.8. The van der Waals surface area contributed by atoms with E-state index in [2.05, 4.69) is 6.92 Å². The third kappa shape index (κ3) is 2.37. The molecule has 1 unspecified atom stereocenters. The van der Waals surface area contributed by atoms with Crippen LogP contribution in [0.1, 0.15) is 24.8 Å². The van der Waals surface area contributed by atoms with Crippen molar-refractivity contribution in [1.82, 2.24) is 0 Å². The van der Waals surface area contributed by atoms with E-state index in [1.54, 1.807) is 6.07 Å². The van der Waals surface area contributed by atoms with Crippen LogP contribution < -0.4 is 5.73 Å². The van der Waals surface area contributed by atoms with Crippen LogP contribution in [0.4, 0.5) is 0 Å². The lowest BCUT2D eigenvalue weighted by Gasteiger charge is -2.14. The molecule has 0 aliphatic heterocycles. The maximum Gasteiger partial charge on any atom is 0.0627 e. The van der Waals surface area contributed by atoms with E-state index in [4.69, 9.17) is 28.9 Å². The van der Waals surface area contributed by atoms with E-state index in [1.165, 1.54) is 0 Å². The second-order valence-electron chi connectivity index (χ2n) is 2.98. The highest BCUT2D eigenvalue weighted by Crippen LogP contribution is 2.31. The van der Waals surface area contributed by atoms with E-state index < -0.39 is 0 Å². The Morgan fingerprint density at radius 1 is 1.38 bits per heavy atom. The van der Waals surface area contributed by atoms with Gasteiger partial charge in [-0.05, 0) is 30.5 Å². The van der Waals surface area contributed by atoms with Crippen LogP contribution >= 0.6 is 23.2 Å². The van der Waals surface area contributed by atoms with Gasteiger partial charge in [-0.3, -0.25) is 0 Å². The smallest absolute Gasteiger partial charge is 0.0627 e. The fourth-order valence-electron chi connectivity index (χ4n) is 1.35. The summed E-state index contributed by atoms with van der Waals surface area (Å²) in [7, 11) is 0. The Hall–Kier alpha value is -0.240. The summed E-state index contributed by atoms with van der Waals surface area (Å²) in [5, 5.41) is 1.24. The molecule has 0 fully saturated rings. The van der Waals surface area contributed by atoms with Crippen LogP contribution in [0, 0.1) is 0 Å². The number of rotatable bonds is 3. The quantitative estimate of drug-likeness (QED) is 0.826. The van der Waals surface area contributed by atoms with Gasteiger partial charge in [0.15, 0.2) is 0 Å². The molecule has 0 aliphatic rings. The lowest BCUT2D eigenvalue weighted by atomic mass is 9.97. The minimum atomic E-state index is 0.311. The Morgan fingerprint density at radius 3 is 2.62 bits per heavy atom. The van der Waals surface area contributed by atoms with Crippen molar-refractivity contribution in [3.63, 3.8) is 0 Å². The number of hydrogen-bond acceptors (Lipinski definition) is 1. The largest absolute Gasteiger partial charge is 0.330 e. The van der Waals surface area contributed by atoms with Gasteiger partial charge in [0.1, 0.15) is 0 Å². The van der Waals surface area contributed by atoms with Crippen LogP contribution in [0.3, 0.4) is 0 Å². The first-order valence-electron chi connectivity index (χ1n) is 4.34. The van der Waals surface area contributed by atoms with Crippen LogP contribution in [-0.2, 0) is 0 Å². The lowest BCUT2D eigenvalue weighted by molar-refractivity contribution is 0.674. The predicted octanol–water partition coefficient (Wildman–Crippen LogP) is 3.45. The van der Waals surface area contributed by atoms with Gasteiger partial charge < -0.3 is 5.73 Å². The standard InChI is InChI=1S/C10H13Cl2N/c1-2-7(6-13)8-4-3-5-9(11)10(8)12/h3-5,7H,2,6,13H2,1H3. The van der Waals surface area contributed by atoms with Gasteiger partial charge in [-0.1, -0.05) is 42.3 Å². The summed E-state index contributed by atoms with van der Waals surface area (Å²) >= 11 is 12.0. The second kappa shape index (κ2) is 4.85. The summed E-state index contributed by atoms with van der Waals surface area (Å²) in [6, 6.07) is 5.67. The average molecular weight is 218 g/mol. The van der Waals surface area contributed by atoms with Crippen molar-refractivity contribution >= 4 is 23.2 Å². The van der Waals surface area contributed by atoms with Crippen LogP contribution in [0.2, 0.25) is 10.0 Å². The lowest BCUT2D eigenvalue weighted by Crippen LogP contribution is -2.11. The summed E-state index contributed by atoms with van der Waals surface area (Å²) in [5.41, 5.74) is 6.69. The van der Waals surface area contributed by atoms with Crippen molar-refractivity contribution in [2.45, 2.75) is 19.3 Å². The number of hydrogen-bond donors (Lipinski definition) is 1. The Kier molecular flexibility index (Phi) is 4.04. The van der Waals surface area contributed by atoms with E-state index >= 15 is 0 Å². The predicted molar refractivity (Wildman–Crippen MR) is 58.5 cm³/mol. The Bertz CT molecular complexity index is 282. The molecule has 0 heterocycles. The van der Waals surface area contributed by atoms with Gasteiger partial charge in [-0.25, -0.2) is 0 Å². The number of benzene rings is 1. The molecule has 1 atom stereocenters. The topological polar surface area (TPSA) is 26.0 Å². The molecule has 0 radical (unpaired) electrons. The molecule has 1 aromatic rings. The van der Waals surface area contributed by atoms with Gasteiger partial charge in [0.2, 0.25) is 0 Å². The molecule has 0 aliphatic carbocycles. The minimum absolute atomic E-state index is 0.311. The molecule has 1 nitrogen and oxygen atoms in total. The minimum Gasteiger partial charge on any atom is -0.330 e. The van der Waals surface area contributed by atoms with E-state index in [9.17, 15) is 0 Å². The van der Waals surface area contributed by atoms with Crippen molar-refractivity contribution in [2.24, 2.45) is 5.73 Å². The summed E-state index contributed by atoms with van der Waals surface area (Å²) in [5.74, 6) is 0.311. The zero-order valence-electron chi connectivity index (χ0n) is 7.56. The third-order valence-corrected chi connectivity index (χ3v) is 3.03. The molecule has 3 heteroatoms. The fraction of sp³-hybridized carbons (Fsp3) is 0.400. The molecule has 1 rings (SSSR count). The van der Waals surface area contributed by atoms with Crippen LogP contribution in [0.5, 0.6) is 0 Å². The monoisotopic (exact) mass is 217 g/mol. The highest BCUT2D eigenvalue weighted by atomic mass is 35.5. The molecule has 0 spiro atoms. The normalized spacial score (nSPS) is 12.9. The van der Waals surface area contributed by atoms with Gasteiger partial charge >= 0.3 is 0 Å². The van der Waals surface area contributed by atoms with Crippen molar-refractivity contribution in [2.75, 3.05) is 6.54 Å². The van der Waals surface area contributed by atoms with E-state index in [-0.39, 0.29) is 0 Å². The first-order valence-corrected chi connectivity index (χ1v) is 5.10. The van der Waals surface area contributed by atoms with Gasteiger partial charge in [-0.2, -0.15) is 0 Å². The van der Waals surface area contributed by atoms with E-state index in [1.807, 2.05) is 12.1 Å². The third-order valence-electron chi connectivity index (χ3n) is 2.20. The van der Waals surface area contributed by atoms with Gasteiger partial charge in [0, 0.05) is 0 Å². The molecule has 0 aromatic heterocycles. The molecule has 1 aromatic carbocycles. The summed E-state index contributed by atoms with van der Waals surface area (Å²) in [6.07, 6.45) is 0.983. The molecular formula is C10H13Cl2N. The fourth-order valence-corrected chi connectivity index (χ4v) is 1.81. The first-order chi connectivity index (χ1) is 6.20. The second-order valence-corrected chi connectivity index (χ2v) is 3.77. The van der Waals surface area contributed by atoms with Gasteiger partial charge in [-0.15, -0.1) is 0 Å². The van der Waals surface area contributed by atoms with Crippen LogP contribution in [-0.4, -0.2) is 6.54 Å². The summed E-state index contributed by atoms with van der Waals surface area (Å²) in [6.45, 7) is 2.70. The Balaban J connectivity index is 3.05. The summed E-state index contributed by atoms with van der Waals surface area (Å²) < 4.78 is 0. The molecule has 0 saturated carbocycles. The zero-order chi connectivity index (χ0) is 9.84. The van der Waals surface area contributed by atoms with Crippen molar-refractivity contribution in [3.05, 3.63) is 33.8 Å². The van der Waals surface area contributed by atoms with Crippen molar-refractivity contribution < 1.29 is 0 Å². The van der Waals surface area contributed by atoms with Crippen molar-refractivity contribution in [3.8, 4) is 0 Å². The molecule has 0 bridgehead atoms. The highest BCUT2D eigenvalue weighted by Gasteiger charge is 2.12. The number of nitrogens with two attached hydrogens (primary N) is 1. The SMILES string of the molecule is CCC(CN)c1cccc(Cl)c1Cl. The van der Waals surface area contributed by atoms with E-state index in [0.29, 0.717) is 22.5 Å². The van der Waals surface area contributed by atoms with Gasteiger partial charge in [0.05, 0.1) is 10.0 Å². The average Bonchev–Trinajstić information content (AvgIpc) is 2.14. The molecule has 13 heavy (non-hydrogen) atoms. The van der Waals surface area contributed by atoms with Crippen LogP contribution in [0.15, 0.2) is 18.2 Å². The maximum atomic E-state index is 6.06. The Labute approximate surface area is 88.8 Å². The summed E-state index contributed by atoms with van der Waals surface area (Å²) in [4.78, 5) is 0. The van der Waals surface area contributed by atoms with Crippen molar-refractivity contribution in [1.29, 1.82) is 0 Å². The highest BCUT2D eigenvalue weighted by molar-refractivity contribution is 6.42. The van der Waals surface area contributed by atoms with E-state index in [0.717, 1.165) is 12.0 Å². The molecule has 0 saturated heterocycles. The molecule has 0 amide bonds. The zero-order valence-corrected chi connectivity index (χ0v) is 9.07. The molecular weight excluding hydrogens is 205 g/mol. The van der Waals surface area contributed by atoms with Crippen LogP contribution in [0.25, 0.3) is 0 Å². The maximum absolute atomic E-state index is 6.06. The molecule has 72 valence electrons. The Morgan fingerprint density at radius 2 is 2.08 bits per heavy atom. The van der Waals surface area contributed by atoms with Gasteiger partial charge in [0.25, 0.3) is 0 Å².